The van der Waals surface area contributed by atoms with Crippen LogP contribution in [0.3, 0.4) is 0 Å². The lowest BCUT2D eigenvalue weighted by Crippen LogP contribution is -2.48. The lowest BCUT2D eigenvalue weighted by atomic mass is 9.84. The number of benzene rings is 1. The van der Waals surface area contributed by atoms with Crippen LogP contribution in [0.5, 0.6) is 0 Å². The molecule has 0 bridgehead atoms. The van der Waals surface area contributed by atoms with Crippen molar-refractivity contribution in [1.82, 2.24) is 14.7 Å². The minimum absolute atomic E-state index is 0.0516. The van der Waals surface area contributed by atoms with E-state index in [1.54, 1.807) is 10.9 Å². The normalized spacial score (nSPS) is 17.5. The maximum absolute atomic E-state index is 12.8. The standard InChI is InChI=1S/C24H27N5O3/c25-11-8-24(9-12-28(13-10-24)22(31)14-17-4-2-1-3-5-17)29-16-19(23(26)32)20(27-29)15-21(30)18-6-7-18/h1-5,16,18H,6-10,12-15H2,(H2,26,32). The molecule has 2 amide bonds. The Bertz CT molecular complexity index is 1060. The van der Waals surface area contributed by atoms with E-state index in [2.05, 4.69) is 11.2 Å². The van der Waals surface area contributed by atoms with Crippen molar-refractivity contribution in [2.75, 3.05) is 13.1 Å². The number of Topliss-reactive ketones (excluding diaryl/α,β-unsaturated/α-hetero) is 1. The number of ketones is 1. The Labute approximate surface area is 187 Å². The van der Waals surface area contributed by atoms with Crippen LogP contribution in [-0.2, 0) is 28.0 Å². The fourth-order valence-corrected chi connectivity index (χ4v) is 4.39. The highest BCUT2D eigenvalue weighted by Gasteiger charge is 2.39. The van der Waals surface area contributed by atoms with E-state index in [-0.39, 0.29) is 36.0 Å². The van der Waals surface area contributed by atoms with Crippen LogP contribution < -0.4 is 5.73 Å². The average molecular weight is 434 g/mol. The molecule has 0 atom stereocenters. The largest absolute Gasteiger partial charge is 0.365 e. The molecule has 1 aromatic carbocycles. The highest BCUT2D eigenvalue weighted by Crippen LogP contribution is 2.35. The van der Waals surface area contributed by atoms with Crippen LogP contribution in [0, 0.1) is 17.2 Å². The number of hydrogen-bond acceptors (Lipinski definition) is 5. The molecule has 0 unspecified atom stereocenters. The Hall–Kier alpha value is -3.47. The summed E-state index contributed by atoms with van der Waals surface area (Å²) in [5.74, 6) is -0.436. The number of primary amides is 1. The smallest absolute Gasteiger partial charge is 0.252 e. The van der Waals surface area contributed by atoms with Crippen LogP contribution in [0.25, 0.3) is 0 Å². The first-order chi connectivity index (χ1) is 15.4. The van der Waals surface area contributed by atoms with Crippen LogP contribution in [-0.4, -0.2) is 45.4 Å². The van der Waals surface area contributed by atoms with Gasteiger partial charge in [-0.25, -0.2) is 0 Å². The molecule has 2 aromatic rings. The van der Waals surface area contributed by atoms with E-state index in [1.165, 1.54) is 0 Å². The molecule has 0 radical (unpaired) electrons. The molecule has 32 heavy (non-hydrogen) atoms. The van der Waals surface area contributed by atoms with Gasteiger partial charge in [-0.3, -0.25) is 19.1 Å². The Morgan fingerprint density at radius 1 is 1.12 bits per heavy atom. The number of hydrogen-bond donors (Lipinski definition) is 1. The van der Waals surface area contributed by atoms with Crippen LogP contribution in [0.1, 0.15) is 53.7 Å². The van der Waals surface area contributed by atoms with E-state index in [1.807, 2.05) is 35.2 Å². The number of likely N-dealkylation sites (tertiary alicyclic amines) is 1. The molecule has 2 N–H and O–H groups in total. The first-order valence-corrected chi connectivity index (χ1v) is 11.0. The first-order valence-electron chi connectivity index (χ1n) is 11.0. The molecule has 1 aromatic heterocycles. The van der Waals surface area contributed by atoms with Crippen LogP contribution >= 0.6 is 0 Å². The van der Waals surface area contributed by atoms with Crippen molar-refractivity contribution in [3.63, 3.8) is 0 Å². The van der Waals surface area contributed by atoms with Gasteiger partial charge in [-0.1, -0.05) is 30.3 Å². The van der Waals surface area contributed by atoms with Crippen molar-refractivity contribution in [3.8, 4) is 6.07 Å². The summed E-state index contributed by atoms with van der Waals surface area (Å²) in [6.45, 7) is 0.991. The van der Waals surface area contributed by atoms with Gasteiger partial charge in [-0.15, -0.1) is 0 Å². The molecule has 1 aliphatic heterocycles. The Morgan fingerprint density at radius 3 is 2.41 bits per heavy atom. The average Bonchev–Trinajstić information content (AvgIpc) is 3.55. The third kappa shape index (κ3) is 4.57. The zero-order valence-corrected chi connectivity index (χ0v) is 18.0. The number of carbonyl (C=O) groups is 3. The summed E-state index contributed by atoms with van der Waals surface area (Å²) < 4.78 is 1.66. The van der Waals surface area contributed by atoms with E-state index in [4.69, 9.17) is 5.73 Å². The van der Waals surface area contributed by atoms with Gasteiger partial charge in [-0.2, -0.15) is 10.4 Å². The molecule has 1 aliphatic carbocycles. The maximum Gasteiger partial charge on any atom is 0.252 e. The Balaban J connectivity index is 1.51. The fraction of sp³-hybridized carbons (Fsp3) is 0.458. The Kier molecular flexibility index (Phi) is 6.08. The number of nitrogens with two attached hydrogens (primary N) is 1. The van der Waals surface area contributed by atoms with Gasteiger partial charge in [0.1, 0.15) is 5.78 Å². The summed E-state index contributed by atoms with van der Waals surface area (Å²) in [5.41, 5.74) is 6.51. The van der Waals surface area contributed by atoms with Crippen LogP contribution in [0.4, 0.5) is 0 Å². The third-order valence-electron chi connectivity index (χ3n) is 6.57. The van der Waals surface area contributed by atoms with Gasteiger partial charge in [0.05, 0.1) is 42.1 Å². The third-order valence-corrected chi connectivity index (χ3v) is 6.57. The number of rotatable bonds is 8. The van der Waals surface area contributed by atoms with Crippen molar-refractivity contribution < 1.29 is 14.4 Å². The molecular formula is C24H27N5O3. The summed E-state index contributed by atoms with van der Waals surface area (Å²) >= 11 is 0. The minimum Gasteiger partial charge on any atom is -0.365 e. The number of nitriles is 1. The van der Waals surface area contributed by atoms with E-state index < -0.39 is 11.4 Å². The van der Waals surface area contributed by atoms with Crippen LogP contribution in [0.15, 0.2) is 36.5 Å². The van der Waals surface area contributed by atoms with E-state index in [0.29, 0.717) is 38.0 Å². The van der Waals surface area contributed by atoms with Crippen molar-refractivity contribution in [1.29, 1.82) is 5.26 Å². The van der Waals surface area contributed by atoms with Gasteiger partial charge in [0, 0.05) is 25.2 Å². The van der Waals surface area contributed by atoms with Crippen LogP contribution in [0.2, 0.25) is 0 Å². The van der Waals surface area contributed by atoms with Gasteiger partial charge in [0.25, 0.3) is 5.91 Å². The molecule has 1 saturated carbocycles. The van der Waals surface area contributed by atoms with E-state index >= 15 is 0 Å². The number of nitrogens with zero attached hydrogens (tertiary/aromatic N) is 4. The predicted molar refractivity (Wildman–Crippen MR) is 116 cm³/mol. The first kappa shape index (κ1) is 21.8. The summed E-state index contributed by atoms with van der Waals surface area (Å²) in [7, 11) is 0. The second-order valence-corrected chi connectivity index (χ2v) is 8.82. The van der Waals surface area contributed by atoms with E-state index in [9.17, 15) is 19.6 Å². The molecule has 166 valence electrons. The van der Waals surface area contributed by atoms with Crippen molar-refractivity contribution in [2.24, 2.45) is 11.7 Å². The SMILES string of the molecule is N#CCC1(n2cc(C(N)=O)c(CC(=O)C3CC3)n2)CCN(C(=O)Cc2ccccc2)CC1. The molecule has 2 fully saturated rings. The topological polar surface area (TPSA) is 122 Å². The second-order valence-electron chi connectivity index (χ2n) is 8.82. The maximum atomic E-state index is 12.8. The number of aromatic nitrogens is 2. The van der Waals surface area contributed by atoms with Gasteiger partial charge >= 0.3 is 0 Å². The zero-order chi connectivity index (χ0) is 22.7. The highest BCUT2D eigenvalue weighted by molar-refractivity contribution is 5.95. The van der Waals surface area contributed by atoms with Crippen molar-refractivity contribution in [3.05, 3.63) is 53.3 Å². The lowest BCUT2D eigenvalue weighted by Gasteiger charge is -2.40. The second kappa shape index (κ2) is 8.95. The number of amides is 2. The number of piperidine rings is 1. The molecular weight excluding hydrogens is 406 g/mol. The molecule has 8 heteroatoms. The number of carbonyl (C=O) groups excluding carboxylic acids is 3. The molecule has 8 nitrogen and oxygen atoms in total. The van der Waals surface area contributed by atoms with Gasteiger partial charge in [0.15, 0.2) is 0 Å². The summed E-state index contributed by atoms with van der Waals surface area (Å²) in [6.07, 6.45) is 5.05. The van der Waals surface area contributed by atoms with E-state index in [0.717, 1.165) is 18.4 Å². The minimum atomic E-state index is -0.636. The molecule has 1 saturated heterocycles. The quantitative estimate of drug-likeness (QED) is 0.682. The summed E-state index contributed by atoms with van der Waals surface area (Å²) in [5, 5.41) is 14.1. The molecule has 0 spiro atoms. The highest BCUT2D eigenvalue weighted by atomic mass is 16.2. The monoisotopic (exact) mass is 433 g/mol. The summed E-state index contributed by atoms with van der Waals surface area (Å²) in [6, 6.07) is 11.8. The predicted octanol–water partition coefficient (Wildman–Crippen LogP) is 1.98. The van der Waals surface area contributed by atoms with Crippen molar-refractivity contribution in [2.45, 2.75) is 50.5 Å². The van der Waals surface area contributed by atoms with Gasteiger partial charge < -0.3 is 10.6 Å². The lowest BCUT2D eigenvalue weighted by molar-refractivity contribution is -0.132. The molecule has 2 heterocycles. The molecule has 2 aliphatic rings. The summed E-state index contributed by atoms with van der Waals surface area (Å²) in [4.78, 5) is 38.9. The van der Waals surface area contributed by atoms with Crippen molar-refractivity contribution >= 4 is 17.6 Å². The zero-order valence-electron chi connectivity index (χ0n) is 18.0. The van der Waals surface area contributed by atoms with Gasteiger partial charge in [0.2, 0.25) is 5.91 Å². The molecule has 4 rings (SSSR count). The Morgan fingerprint density at radius 2 is 1.81 bits per heavy atom. The fourth-order valence-electron chi connectivity index (χ4n) is 4.39. The van der Waals surface area contributed by atoms with Gasteiger partial charge in [-0.05, 0) is 31.2 Å².